The van der Waals surface area contributed by atoms with Crippen molar-refractivity contribution in [2.24, 2.45) is 5.92 Å². The summed E-state index contributed by atoms with van der Waals surface area (Å²) in [6.45, 7) is 2.41. The third-order valence-electron chi connectivity index (χ3n) is 4.11. The third-order valence-corrected chi connectivity index (χ3v) is 4.11. The van der Waals surface area contributed by atoms with Gasteiger partial charge < -0.3 is 15.0 Å². The smallest absolute Gasteiger partial charge is 0.228 e. The minimum absolute atomic E-state index is 0.111. The number of benzene rings is 1. The molecule has 0 bridgehead atoms. The fraction of sp³-hybridized carbons (Fsp3) is 0.562. The van der Waals surface area contributed by atoms with Crippen LogP contribution < -0.4 is 10.2 Å². The summed E-state index contributed by atoms with van der Waals surface area (Å²) >= 11 is 0. The molecule has 1 heterocycles. The van der Waals surface area contributed by atoms with E-state index in [4.69, 9.17) is 4.74 Å². The molecule has 20 heavy (non-hydrogen) atoms. The van der Waals surface area contributed by atoms with E-state index in [1.165, 1.54) is 18.4 Å². The monoisotopic (exact) mass is 274 g/mol. The Morgan fingerprint density at radius 3 is 2.95 bits per heavy atom. The van der Waals surface area contributed by atoms with E-state index < -0.39 is 0 Å². The fourth-order valence-corrected chi connectivity index (χ4v) is 2.67. The Morgan fingerprint density at radius 1 is 1.35 bits per heavy atom. The summed E-state index contributed by atoms with van der Waals surface area (Å²) in [6.07, 6.45) is 3.17. The van der Waals surface area contributed by atoms with Gasteiger partial charge in [-0.1, -0.05) is 18.2 Å². The van der Waals surface area contributed by atoms with Crippen molar-refractivity contribution >= 4 is 11.6 Å². The van der Waals surface area contributed by atoms with Gasteiger partial charge in [-0.2, -0.15) is 0 Å². The van der Waals surface area contributed by atoms with Gasteiger partial charge in [-0.15, -0.1) is 0 Å². The van der Waals surface area contributed by atoms with Crippen LogP contribution in [0.4, 0.5) is 5.69 Å². The van der Waals surface area contributed by atoms with Gasteiger partial charge in [-0.25, -0.2) is 0 Å². The second-order valence-corrected chi connectivity index (χ2v) is 5.74. The van der Waals surface area contributed by atoms with Crippen molar-refractivity contribution in [3.63, 3.8) is 0 Å². The quantitative estimate of drug-likeness (QED) is 0.808. The first kappa shape index (κ1) is 13.6. The Hall–Kier alpha value is -1.39. The zero-order valence-electron chi connectivity index (χ0n) is 12.0. The van der Waals surface area contributed by atoms with Crippen molar-refractivity contribution in [3.8, 4) is 0 Å². The van der Waals surface area contributed by atoms with Crippen molar-refractivity contribution in [1.29, 1.82) is 0 Å². The van der Waals surface area contributed by atoms with Crippen molar-refractivity contribution in [2.75, 3.05) is 31.7 Å². The van der Waals surface area contributed by atoms with Gasteiger partial charge in [-0.05, 0) is 30.4 Å². The van der Waals surface area contributed by atoms with Crippen molar-refractivity contribution < 1.29 is 9.53 Å². The Morgan fingerprint density at radius 2 is 2.15 bits per heavy atom. The molecule has 1 aliphatic carbocycles. The first-order valence-electron chi connectivity index (χ1n) is 7.42. The number of carbonyl (C=O) groups excluding carboxylic acids is 1. The zero-order chi connectivity index (χ0) is 13.9. The van der Waals surface area contributed by atoms with Crippen molar-refractivity contribution in [2.45, 2.75) is 25.3 Å². The number of rotatable bonds is 6. The largest absolute Gasteiger partial charge is 0.380 e. The molecule has 108 valence electrons. The lowest BCUT2D eigenvalue weighted by Gasteiger charge is -2.32. The number of nitrogens with zero attached hydrogens (tertiary/aromatic N) is 1. The first-order chi connectivity index (χ1) is 9.75. The molecule has 1 aliphatic heterocycles. The molecule has 1 aromatic carbocycles. The number of hydrogen-bond donors (Lipinski definition) is 1. The van der Waals surface area contributed by atoms with Crippen LogP contribution in [0.25, 0.3) is 0 Å². The second-order valence-electron chi connectivity index (χ2n) is 5.74. The number of nitrogens with one attached hydrogen (secondary N) is 1. The molecule has 1 aromatic rings. The third kappa shape index (κ3) is 3.02. The normalized spacial score (nSPS) is 21.9. The molecule has 1 fully saturated rings. The lowest BCUT2D eigenvalue weighted by Crippen LogP contribution is -2.38. The standard InChI is InChI=1S/C16H22N2O2/c1-18-15-5-3-2-4-13(15)14(10-16(18)19)17-8-9-20-11-12-6-7-12/h2-5,12,14,17H,6-11H2,1H3. The molecular weight excluding hydrogens is 252 g/mol. The van der Waals surface area contributed by atoms with Crippen LogP contribution in [0.15, 0.2) is 24.3 Å². The minimum atomic E-state index is 0.111. The lowest BCUT2D eigenvalue weighted by molar-refractivity contribution is -0.119. The Bertz CT molecular complexity index is 485. The molecule has 1 amide bonds. The van der Waals surface area contributed by atoms with Gasteiger partial charge in [0.25, 0.3) is 0 Å². The zero-order valence-corrected chi connectivity index (χ0v) is 12.0. The molecule has 0 aromatic heterocycles. The van der Waals surface area contributed by atoms with Gasteiger partial charge >= 0.3 is 0 Å². The predicted octanol–water partition coefficient (Wildman–Crippen LogP) is 2.11. The van der Waals surface area contributed by atoms with Gasteiger partial charge in [0.1, 0.15) is 0 Å². The molecule has 4 nitrogen and oxygen atoms in total. The molecule has 1 atom stereocenters. The van der Waals surface area contributed by atoms with Gasteiger partial charge in [0.05, 0.1) is 6.61 Å². The summed E-state index contributed by atoms with van der Waals surface area (Å²) in [5.41, 5.74) is 2.22. The van der Waals surface area contributed by atoms with E-state index in [9.17, 15) is 4.79 Å². The Kier molecular flexibility index (Phi) is 4.03. The van der Waals surface area contributed by atoms with Crippen LogP contribution in [-0.4, -0.2) is 32.7 Å². The summed E-state index contributed by atoms with van der Waals surface area (Å²) in [4.78, 5) is 13.8. The molecule has 4 heteroatoms. The van der Waals surface area contributed by atoms with Crippen LogP contribution >= 0.6 is 0 Å². The van der Waals surface area contributed by atoms with E-state index in [-0.39, 0.29) is 11.9 Å². The number of para-hydroxylation sites is 1. The van der Waals surface area contributed by atoms with Crippen LogP contribution in [0.2, 0.25) is 0 Å². The number of anilines is 1. The molecule has 1 unspecified atom stereocenters. The molecule has 1 N–H and O–H groups in total. The topological polar surface area (TPSA) is 41.6 Å². The van der Waals surface area contributed by atoms with Gasteiger partial charge in [0.2, 0.25) is 5.91 Å². The summed E-state index contributed by atoms with van der Waals surface area (Å²) < 4.78 is 5.63. The highest BCUT2D eigenvalue weighted by molar-refractivity contribution is 5.96. The maximum absolute atomic E-state index is 12.0. The van der Waals surface area contributed by atoms with Gasteiger partial charge in [-0.3, -0.25) is 4.79 Å². The Balaban J connectivity index is 1.55. The Labute approximate surface area is 120 Å². The number of hydrogen-bond acceptors (Lipinski definition) is 3. The first-order valence-corrected chi connectivity index (χ1v) is 7.42. The molecule has 0 saturated heterocycles. The van der Waals surface area contributed by atoms with E-state index >= 15 is 0 Å². The van der Waals surface area contributed by atoms with Crippen LogP contribution in [0.1, 0.15) is 30.9 Å². The predicted molar refractivity (Wildman–Crippen MR) is 78.8 cm³/mol. The van der Waals surface area contributed by atoms with E-state index in [0.29, 0.717) is 6.42 Å². The number of ether oxygens (including phenoxy) is 1. The van der Waals surface area contributed by atoms with Gasteiger partial charge in [0.15, 0.2) is 0 Å². The van der Waals surface area contributed by atoms with Crippen LogP contribution in [0.3, 0.4) is 0 Å². The lowest BCUT2D eigenvalue weighted by atomic mass is 9.96. The van der Waals surface area contributed by atoms with Crippen LogP contribution in [0.5, 0.6) is 0 Å². The maximum Gasteiger partial charge on any atom is 0.228 e. The molecule has 3 rings (SSSR count). The van der Waals surface area contributed by atoms with E-state index in [1.54, 1.807) is 4.90 Å². The van der Waals surface area contributed by atoms with Gasteiger partial charge in [0, 0.05) is 38.3 Å². The highest BCUT2D eigenvalue weighted by Crippen LogP contribution is 2.33. The highest BCUT2D eigenvalue weighted by Gasteiger charge is 2.28. The molecular formula is C16H22N2O2. The van der Waals surface area contributed by atoms with E-state index in [0.717, 1.165) is 31.4 Å². The minimum Gasteiger partial charge on any atom is -0.380 e. The second kappa shape index (κ2) is 5.94. The summed E-state index contributed by atoms with van der Waals surface area (Å²) in [5.74, 6) is 0.973. The van der Waals surface area contributed by atoms with E-state index in [1.807, 2.05) is 25.2 Å². The molecule has 0 spiro atoms. The number of carbonyl (C=O) groups is 1. The summed E-state index contributed by atoms with van der Waals surface area (Å²) in [7, 11) is 1.84. The summed E-state index contributed by atoms with van der Waals surface area (Å²) in [6, 6.07) is 8.22. The highest BCUT2D eigenvalue weighted by atomic mass is 16.5. The van der Waals surface area contributed by atoms with Crippen LogP contribution in [0, 0.1) is 5.92 Å². The fourth-order valence-electron chi connectivity index (χ4n) is 2.67. The molecule has 2 aliphatic rings. The maximum atomic E-state index is 12.0. The average molecular weight is 274 g/mol. The van der Waals surface area contributed by atoms with Crippen molar-refractivity contribution in [3.05, 3.63) is 29.8 Å². The SMILES string of the molecule is CN1C(=O)CC(NCCOCC2CC2)c2ccccc21. The molecule has 1 saturated carbocycles. The van der Waals surface area contributed by atoms with E-state index in [2.05, 4.69) is 11.4 Å². The average Bonchev–Trinajstić information content (AvgIpc) is 3.28. The van der Waals surface area contributed by atoms with Crippen LogP contribution in [-0.2, 0) is 9.53 Å². The number of amides is 1. The molecule has 0 radical (unpaired) electrons. The summed E-state index contributed by atoms with van der Waals surface area (Å²) in [5, 5.41) is 3.45. The van der Waals surface area contributed by atoms with Crippen molar-refractivity contribution in [1.82, 2.24) is 5.32 Å². The number of fused-ring (bicyclic) bond motifs is 1.